The van der Waals surface area contributed by atoms with E-state index in [4.69, 9.17) is 25.0 Å². The van der Waals surface area contributed by atoms with E-state index < -0.39 is 44.1 Å². The molecule has 4 atom stereocenters. The minimum atomic E-state index is -4.84. The third-order valence-electron chi connectivity index (χ3n) is 4.07. The van der Waals surface area contributed by atoms with Gasteiger partial charge in [0.25, 0.3) is 5.56 Å². The van der Waals surface area contributed by atoms with Crippen LogP contribution in [0.2, 0.25) is 0 Å². The highest BCUT2D eigenvalue weighted by Gasteiger charge is 2.56. The standard InChI is InChI=1S/C12H18N5O8P/c1-5-15-9-7(10(19)16-5)14-4-17(9)11-6(13)8(18)12(23-2,25-11)3-24-26(20,21)22/h4,6,8,11,18H,3,13H2,1-2H3,(H,15,16,19)(H2,20,21,22)/t6-,8-,11+,12+/m0/s1. The molecule has 0 saturated carbocycles. The van der Waals surface area contributed by atoms with Crippen molar-refractivity contribution < 1.29 is 33.5 Å². The maximum atomic E-state index is 11.9. The molecule has 13 nitrogen and oxygen atoms in total. The summed E-state index contributed by atoms with van der Waals surface area (Å²) in [5, 5.41) is 10.4. The van der Waals surface area contributed by atoms with Crippen LogP contribution >= 0.6 is 7.82 Å². The molecule has 2 aromatic heterocycles. The molecule has 6 N–H and O–H groups in total. The lowest BCUT2D eigenvalue weighted by atomic mass is 10.1. The number of H-pyrrole nitrogens is 1. The molecule has 1 aliphatic heterocycles. The van der Waals surface area contributed by atoms with Crippen molar-refractivity contribution in [2.75, 3.05) is 13.7 Å². The number of fused-ring (bicyclic) bond motifs is 1. The number of aryl methyl sites for hydroxylation is 1. The van der Waals surface area contributed by atoms with E-state index in [1.165, 1.54) is 18.0 Å². The lowest BCUT2D eigenvalue weighted by Gasteiger charge is -2.30. The molecule has 3 rings (SSSR count). The Kier molecular flexibility index (Phi) is 4.75. The Balaban J connectivity index is 2.00. The van der Waals surface area contributed by atoms with Crippen LogP contribution in [0, 0.1) is 6.92 Å². The van der Waals surface area contributed by atoms with E-state index in [2.05, 4.69) is 19.5 Å². The summed E-state index contributed by atoms with van der Waals surface area (Å²) in [4.78, 5) is 40.4. The van der Waals surface area contributed by atoms with Gasteiger partial charge in [-0.1, -0.05) is 0 Å². The lowest BCUT2D eigenvalue weighted by Crippen LogP contribution is -2.50. The number of imidazole rings is 1. The van der Waals surface area contributed by atoms with E-state index in [1.54, 1.807) is 6.92 Å². The van der Waals surface area contributed by atoms with Crippen LogP contribution in [-0.4, -0.2) is 66.1 Å². The minimum absolute atomic E-state index is 0.0438. The van der Waals surface area contributed by atoms with E-state index in [9.17, 15) is 14.5 Å². The number of nitrogens with two attached hydrogens (primary N) is 1. The minimum Gasteiger partial charge on any atom is -0.386 e. The number of aromatic nitrogens is 4. The maximum absolute atomic E-state index is 11.9. The number of aliphatic hydroxyl groups is 1. The van der Waals surface area contributed by atoms with Gasteiger partial charge in [0.2, 0.25) is 5.79 Å². The van der Waals surface area contributed by atoms with Gasteiger partial charge in [0.05, 0.1) is 12.4 Å². The molecule has 0 radical (unpaired) electrons. The van der Waals surface area contributed by atoms with Crippen molar-refractivity contribution in [1.29, 1.82) is 0 Å². The molecule has 1 aliphatic rings. The van der Waals surface area contributed by atoms with Gasteiger partial charge in [-0.25, -0.2) is 14.5 Å². The zero-order valence-electron chi connectivity index (χ0n) is 13.8. The van der Waals surface area contributed by atoms with Gasteiger partial charge in [0.1, 0.15) is 18.5 Å². The zero-order chi connectivity index (χ0) is 19.3. The number of nitrogens with one attached hydrogen (secondary N) is 1. The Hall–Kier alpha value is -1.70. The highest BCUT2D eigenvalue weighted by atomic mass is 31.2. The van der Waals surface area contributed by atoms with Crippen LogP contribution in [0.5, 0.6) is 0 Å². The normalized spacial score (nSPS) is 29.5. The van der Waals surface area contributed by atoms with Crippen LogP contribution in [-0.2, 0) is 18.6 Å². The third kappa shape index (κ3) is 3.19. The zero-order valence-corrected chi connectivity index (χ0v) is 14.7. The molecule has 0 bridgehead atoms. The first-order valence-corrected chi connectivity index (χ1v) is 8.91. The fourth-order valence-electron chi connectivity index (χ4n) is 2.79. The number of aromatic amines is 1. The quantitative estimate of drug-likeness (QED) is 0.357. The summed E-state index contributed by atoms with van der Waals surface area (Å²) in [5.41, 5.74) is 5.76. The Bertz CT molecular complexity index is 924. The number of hydrogen-bond donors (Lipinski definition) is 5. The summed E-state index contributed by atoms with van der Waals surface area (Å²) in [5.74, 6) is -1.60. The molecule has 0 aromatic carbocycles. The molecule has 0 amide bonds. The molecule has 144 valence electrons. The van der Waals surface area contributed by atoms with Crippen LogP contribution < -0.4 is 11.3 Å². The lowest BCUT2D eigenvalue weighted by molar-refractivity contribution is -0.266. The first-order valence-electron chi connectivity index (χ1n) is 7.38. The highest BCUT2D eigenvalue weighted by Crippen LogP contribution is 2.43. The average Bonchev–Trinajstić information content (AvgIpc) is 3.07. The fraction of sp³-hybridized carbons (Fsp3) is 0.583. The Morgan fingerprint density at radius 3 is 2.85 bits per heavy atom. The fourth-order valence-corrected chi connectivity index (χ4v) is 3.14. The average molecular weight is 391 g/mol. The summed E-state index contributed by atoms with van der Waals surface area (Å²) in [6.45, 7) is 0.800. The van der Waals surface area contributed by atoms with Crippen molar-refractivity contribution in [2.45, 2.75) is 31.1 Å². The topological polar surface area (TPSA) is 195 Å². The van der Waals surface area contributed by atoms with Gasteiger partial charge in [0.15, 0.2) is 17.4 Å². The van der Waals surface area contributed by atoms with E-state index >= 15 is 0 Å². The summed E-state index contributed by atoms with van der Waals surface area (Å²) in [6.07, 6.45) is -1.31. The number of methoxy groups -OCH3 is 1. The smallest absolute Gasteiger partial charge is 0.386 e. The number of aliphatic hydroxyl groups excluding tert-OH is 1. The summed E-state index contributed by atoms with van der Waals surface area (Å²) < 4.78 is 27.5. The monoisotopic (exact) mass is 391 g/mol. The van der Waals surface area contributed by atoms with Crippen molar-refractivity contribution in [3.05, 3.63) is 22.5 Å². The Morgan fingerprint density at radius 2 is 2.23 bits per heavy atom. The van der Waals surface area contributed by atoms with E-state index in [-0.39, 0.29) is 11.2 Å². The van der Waals surface area contributed by atoms with Crippen molar-refractivity contribution in [3.63, 3.8) is 0 Å². The van der Waals surface area contributed by atoms with Gasteiger partial charge in [-0.2, -0.15) is 0 Å². The van der Waals surface area contributed by atoms with Crippen LogP contribution in [0.1, 0.15) is 12.1 Å². The van der Waals surface area contributed by atoms with Gasteiger partial charge in [-0.3, -0.25) is 13.9 Å². The first-order chi connectivity index (χ1) is 12.1. The number of nitrogens with zero attached hydrogens (tertiary/aromatic N) is 3. The molecule has 2 aromatic rings. The predicted octanol–water partition coefficient (Wildman–Crippen LogP) is -1.90. The molecule has 14 heteroatoms. The summed E-state index contributed by atoms with van der Waals surface area (Å²) in [6, 6.07) is -1.09. The molecule has 1 saturated heterocycles. The van der Waals surface area contributed by atoms with Crippen LogP contribution in [0.15, 0.2) is 11.1 Å². The van der Waals surface area contributed by atoms with Gasteiger partial charge in [-0.05, 0) is 6.92 Å². The highest BCUT2D eigenvalue weighted by molar-refractivity contribution is 7.46. The second kappa shape index (κ2) is 6.48. The maximum Gasteiger partial charge on any atom is 0.469 e. The number of phosphoric ester groups is 1. The van der Waals surface area contributed by atoms with Gasteiger partial charge < -0.3 is 35.1 Å². The van der Waals surface area contributed by atoms with E-state index in [0.717, 1.165) is 0 Å². The molecular formula is C12H18N5O8P. The molecule has 3 heterocycles. The third-order valence-corrected chi connectivity index (χ3v) is 4.53. The van der Waals surface area contributed by atoms with Gasteiger partial charge >= 0.3 is 7.82 Å². The van der Waals surface area contributed by atoms with Crippen molar-refractivity contribution >= 4 is 19.0 Å². The number of hydrogen-bond acceptors (Lipinski definition) is 9. The second-order valence-corrected chi connectivity index (χ2v) is 7.03. The Labute approximate surface area is 146 Å². The molecule has 26 heavy (non-hydrogen) atoms. The molecule has 0 unspecified atom stereocenters. The van der Waals surface area contributed by atoms with E-state index in [0.29, 0.717) is 5.82 Å². The predicted molar refractivity (Wildman–Crippen MR) is 84.7 cm³/mol. The molecule has 0 spiro atoms. The molecule has 1 fully saturated rings. The number of phosphoric acid groups is 1. The van der Waals surface area contributed by atoms with E-state index in [1.807, 2.05) is 0 Å². The molecular weight excluding hydrogens is 373 g/mol. The SMILES string of the molecule is CO[C@]1(COP(=O)(O)O)O[C@@H](n2cnc3c(=O)[nH]c(C)nc32)[C@@H](N)[C@@H]1O. The second-order valence-electron chi connectivity index (χ2n) is 5.79. The number of ether oxygens (including phenoxy) is 2. The van der Waals surface area contributed by atoms with Crippen molar-refractivity contribution in [2.24, 2.45) is 5.73 Å². The van der Waals surface area contributed by atoms with Crippen LogP contribution in [0.4, 0.5) is 0 Å². The molecule has 0 aliphatic carbocycles. The summed E-state index contributed by atoms with van der Waals surface area (Å²) >= 11 is 0. The van der Waals surface area contributed by atoms with Gasteiger partial charge in [0, 0.05) is 7.11 Å². The summed E-state index contributed by atoms with van der Waals surface area (Å²) in [7, 11) is -3.67. The van der Waals surface area contributed by atoms with Crippen molar-refractivity contribution in [3.8, 4) is 0 Å². The first kappa shape index (κ1) is 19.1. The van der Waals surface area contributed by atoms with Crippen LogP contribution in [0.25, 0.3) is 11.2 Å². The van der Waals surface area contributed by atoms with Crippen LogP contribution in [0.3, 0.4) is 0 Å². The van der Waals surface area contributed by atoms with Gasteiger partial charge in [-0.15, -0.1) is 0 Å². The largest absolute Gasteiger partial charge is 0.469 e. The Morgan fingerprint density at radius 1 is 1.54 bits per heavy atom. The number of rotatable bonds is 5. The van der Waals surface area contributed by atoms with Crippen molar-refractivity contribution in [1.82, 2.24) is 19.5 Å².